The lowest BCUT2D eigenvalue weighted by atomic mass is 9.97. The van der Waals surface area contributed by atoms with Crippen molar-refractivity contribution in [1.29, 1.82) is 0 Å². The summed E-state index contributed by atoms with van der Waals surface area (Å²) in [7, 11) is 0. The lowest BCUT2D eigenvalue weighted by molar-refractivity contribution is -0.141. The third-order valence-electron chi connectivity index (χ3n) is 3.02. The average Bonchev–Trinajstić information content (AvgIpc) is 2.35. The zero-order valence-electron chi connectivity index (χ0n) is 10.8. The van der Waals surface area contributed by atoms with Gasteiger partial charge in [0.1, 0.15) is 6.04 Å². The second-order valence-corrected chi connectivity index (χ2v) is 5.51. The third kappa shape index (κ3) is 5.58. The number of carbonyl (C=O) groups excluding carboxylic acids is 1. The van der Waals surface area contributed by atoms with Gasteiger partial charge in [-0.15, -0.1) is 0 Å². The molecule has 0 aromatic heterocycles. The minimum absolute atomic E-state index is 0.170. The molecular formula is C13H21NO3S. The molecule has 0 spiro atoms. The summed E-state index contributed by atoms with van der Waals surface area (Å²) in [6.07, 6.45) is 9.19. The van der Waals surface area contributed by atoms with E-state index in [0.29, 0.717) is 12.8 Å². The van der Waals surface area contributed by atoms with E-state index < -0.39 is 12.0 Å². The molecule has 5 heteroatoms. The summed E-state index contributed by atoms with van der Waals surface area (Å²) >= 11 is 1.58. The number of carboxylic acids is 1. The summed E-state index contributed by atoms with van der Waals surface area (Å²) in [5.41, 5.74) is 1.15. The van der Waals surface area contributed by atoms with Crippen LogP contribution in [-0.2, 0) is 9.59 Å². The second kappa shape index (κ2) is 8.19. The molecule has 0 saturated heterocycles. The molecule has 2 N–H and O–H groups in total. The summed E-state index contributed by atoms with van der Waals surface area (Å²) in [6.45, 7) is 0. The van der Waals surface area contributed by atoms with Crippen LogP contribution in [0.25, 0.3) is 0 Å². The van der Waals surface area contributed by atoms with Crippen LogP contribution < -0.4 is 5.32 Å². The van der Waals surface area contributed by atoms with Crippen molar-refractivity contribution in [2.45, 2.75) is 44.6 Å². The minimum Gasteiger partial charge on any atom is -0.480 e. The van der Waals surface area contributed by atoms with Crippen LogP contribution in [0.4, 0.5) is 0 Å². The van der Waals surface area contributed by atoms with E-state index in [4.69, 9.17) is 5.11 Å². The summed E-state index contributed by atoms with van der Waals surface area (Å²) in [5, 5.41) is 11.6. The summed E-state index contributed by atoms with van der Waals surface area (Å²) in [6, 6.07) is -0.755. The van der Waals surface area contributed by atoms with Crippen molar-refractivity contribution in [3.8, 4) is 0 Å². The first-order chi connectivity index (χ1) is 8.63. The number of nitrogens with one attached hydrogen (secondary N) is 1. The Labute approximate surface area is 112 Å². The topological polar surface area (TPSA) is 66.4 Å². The molecule has 0 heterocycles. The molecule has 0 fully saturated rings. The molecule has 0 aromatic carbocycles. The molecule has 1 rings (SSSR count). The quantitative estimate of drug-likeness (QED) is 0.697. The number of hydrogen-bond donors (Lipinski definition) is 2. The smallest absolute Gasteiger partial charge is 0.326 e. The standard InChI is InChI=1S/C13H21NO3S/c1-18-8-7-11(13(16)17)14-12(15)9-10-5-3-2-4-6-10/h5,11H,2-4,6-9H2,1H3,(H,14,15)(H,16,17). The fourth-order valence-corrected chi connectivity index (χ4v) is 2.48. The Kier molecular flexibility index (Phi) is 6.86. The Morgan fingerprint density at radius 2 is 2.28 bits per heavy atom. The van der Waals surface area contributed by atoms with Crippen molar-refractivity contribution >= 4 is 23.6 Å². The molecule has 1 amide bonds. The van der Waals surface area contributed by atoms with Gasteiger partial charge in [-0.2, -0.15) is 11.8 Å². The van der Waals surface area contributed by atoms with Crippen molar-refractivity contribution in [1.82, 2.24) is 5.32 Å². The zero-order chi connectivity index (χ0) is 13.4. The molecular weight excluding hydrogens is 250 g/mol. The third-order valence-corrected chi connectivity index (χ3v) is 3.66. The number of carboxylic acid groups (broad SMARTS) is 1. The average molecular weight is 271 g/mol. The van der Waals surface area contributed by atoms with Crippen LogP contribution in [0.15, 0.2) is 11.6 Å². The Morgan fingerprint density at radius 1 is 1.50 bits per heavy atom. The van der Waals surface area contributed by atoms with E-state index in [-0.39, 0.29) is 5.91 Å². The minimum atomic E-state index is -0.949. The molecule has 1 unspecified atom stereocenters. The molecule has 1 atom stereocenters. The highest BCUT2D eigenvalue weighted by Crippen LogP contribution is 2.19. The first-order valence-electron chi connectivity index (χ1n) is 6.32. The van der Waals surface area contributed by atoms with Gasteiger partial charge < -0.3 is 10.4 Å². The molecule has 0 aromatic rings. The summed E-state index contributed by atoms with van der Waals surface area (Å²) in [4.78, 5) is 22.8. The van der Waals surface area contributed by atoms with Gasteiger partial charge in [-0.05, 0) is 44.1 Å². The van der Waals surface area contributed by atoms with Crippen molar-refractivity contribution in [3.05, 3.63) is 11.6 Å². The largest absolute Gasteiger partial charge is 0.480 e. The number of rotatable bonds is 7. The predicted octanol–water partition coefficient (Wildman–Crippen LogP) is 2.20. The molecule has 1 aliphatic rings. The van der Waals surface area contributed by atoms with E-state index in [1.807, 2.05) is 6.26 Å². The lowest BCUT2D eigenvalue weighted by Gasteiger charge is -2.16. The van der Waals surface area contributed by atoms with Crippen molar-refractivity contribution < 1.29 is 14.7 Å². The highest BCUT2D eigenvalue weighted by molar-refractivity contribution is 7.98. The number of allylic oxidation sites excluding steroid dienone is 1. The normalized spacial score (nSPS) is 16.8. The van der Waals surface area contributed by atoms with Gasteiger partial charge in [0.2, 0.25) is 5.91 Å². The van der Waals surface area contributed by atoms with Crippen molar-refractivity contribution in [3.63, 3.8) is 0 Å². The number of amides is 1. The Hall–Kier alpha value is -0.970. The van der Waals surface area contributed by atoms with Gasteiger partial charge in [-0.25, -0.2) is 4.79 Å². The van der Waals surface area contributed by atoms with Crippen LogP contribution in [0, 0.1) is 0 Å². The van der Waals surface area contributed by atoms with Crippen LogP contribution in [0.1, 0.15) is 38.5 Å². The van der Waals surface area contributed by atoms with Crippen LogP contribution in [-0.4, -0.2) is 35.0 Å². The molecule has 1 aliphatic carbocycles. The second-order valence-electron chi connectivity index (χ2n) is 4.52. The zero-order valence-corrected chi connectivity index (χ0v) is 11.6. The molecule has 0 radical (unpaired) electrons. The molecule has 4 nitrogen and oxygen atoms in total. The summed E-state index contributed by atoms with van der Waals surface area (Å²) in [5.74, 6) is -0.383. The Bertz CT molecular complexity index is 328. The molecule has 0 saturated carbocycles. The van der Waals surface area contributed by atoms with Crippen molar-refractivity contribution in [2.24, 2.45) is 0 Å². The van der Waals surface area contributed by atoms with Crippen LogP contribution in [0.3, 0.4) is 0 Å². The number of hydrogen-bond acceptors (Lipinski definition) is 3. The van der Waals surface area contributed by atoms with Gasteiger partial charge in [0.25, 0.3) is 0 Å². The fraction of sp³-hybridized carbons (Fsp3) is 0.692. The number of carbonyl (C=O) groups is 2. The van der Waals surface area contributed by atoms with Gasteiger partial charge in [-0.3, -0.25) is 4.79 Å². The van der Waals surface area contributed by atoms with Crippen LogP contribution >= 0.6 is 11.8 Å². The van der Waals surface area contributed by atoms with E-state index in [1.54, 1.807) is 11.8 Å². The lowest BCUT2D eigenvalue weighted by Crippen LogP contribution is -2.41. The predicted molar refractivity (Wildman–Crippen MR) is 73.7 cm³/mol. The maximum absolute atomic E-state index is 11.8. The van der Waals surface area contributed by atoms with Gasteiger partial charge in [-0.1, -0.05) is 11.6 Å². The van der Waals surface area contributed by atoms with Crippen LogP contribution in [0.5, 0.6) is 0 Å². The van der Waals surface area contributed by atoms with Crippen molar-refractivity contribution in [2.75, 3.05) is 12.0 Å². The summed E-state index contributed by atoms with van der Waals surface area (Å²) < 4.78 is 0. The Morgan fingerprint density at radius 3 is 2.83 bits per heavy atom. The molecule has 18 heavy (non-hydrogen) atoms. The molecule has 0 bridgehead atoms. The highest BCUT2D eigenvalue weighted by Gasteiger charge is 2.20. The maximum atomic E-state index is 11.8. The Balaban J connectivity index is 2.40. The SMILES string of the molecule is CSCCC(NC(=O)CC1=CCCCC1)C(=O)O. The highest BCUT2D eigenvalue weighted by atomic mass is 32.2. The maximum Gasteiger partial charge on any atom is 0.326 e. The first kappa shape index (κ1) is 15.1. The van der Waals surface area contributed by atoms with E-state index in [0.717, 1.165) is 30.6 Å². The number of aliphatic carboxylic acids is 1. The van der Waals surface area contributed by atoms with Gasteiger partial charge in [0.15, 0.2) is 0 Å². The van der Waals surface area contributed by atoms with E-state index >= 15 is 0 Å². The van der Waals surface area contributed by atoms with E-state index in [2.05, 4.69) is 11.4 Å². The van der Waals surface area contributed by atoms with E-state index in [9.17, 15) is 9.59 Å². The van der Waals surface area contributed by atoms with Gasteiger partial charge >= 0.3 is 5.97 Å². The van der Waals surface area contributed by atoms with Gasteiger partial charge in [0.05, 0.1) is 0 Å². The van der Waals surface area contributed by atoms with E-state index in [1.165, 1.54) is 6.42 Å². The fourth-order valence-electron chi connectivity index (χ4n) is 2.01. The van der Waals surface area contributed by atoms with Gasteiger partial charge in [0, 0.05) is 6.42 Å². The number of thioether (sulfide) groups is 1. The molecule has 0 aliphatic heterocycles. The molecule has 102 valence electrons. The first-order valence-corrected chi connectivity index (χ1v) is 7.72. The monoisotopic (exact) mass is 271 g/mol. The van der Waals surface area contributed by atoms with Crippen LogP contribution in [0.2, 0.25) is 0 Å².